The summed E-state index contributed by atoms with van der Waals surface area (Å²) in [6, 6.07) is 25.5. The number of benzene rings is 3. The molecule has 150 valence electrons. The molecule has 1 heterocycles. The lowest BCUT2D eigenvalue weighted by molar-refractivity contribution is -0.123. The van der Waals surface area contributed by atoms with E-state index in [1.807, 2.05) is 24.3 Å². The van der Waals surface area contributed by atoms with Crippen LogP contribution in [0.5, 0.6) is 0 Å². The zero-order chi connectivity index (χ0) is 21.3. The molecular weight excluding hydrogens is 384 g/mol. The van der Waals surface area contributed by atoms with Crippen LogP contribution in [0.2, 0.25) is 0 Å². The lowest BCUT2D eigenvalue weighted by Crippen LogP contribution is -2.53. The number of hydrogen-bond donors (Lipinski definition) is 0. The maximum Gasteiger partial charge on any atom is 0.238 e. The second-order valence-electron chi connectivity index (χ2n) is 8.65. The fourth-order valence-electron chi connectivity index (χ4n) is 6.47. The molecule has 2 bridgehead atoms. The number of rotatable bonds is 2. The summed E-state index contributed by atoms with van der Waals surface area (Å²) in [7, 11) is 0. The summed E-state index contributed by atoms with van der Waals surface area (Å²) in [6.45, 7) is 2.12. The van der Waals surface area contributed by atoms with Gasteiger partial charge in [0.25, 0.3) is 0 Å². The van der Waals surface area contributed by atoms with E-state index in [-0.39, 0.29) is 17.7 Å². The average molecular weight is 404 g/mol. The van der Waals surface area contributed by atoms with Crippen molar-refractivity contribution in [2.45, 2.75) is 24.7 Å². The number of carbonyl (C=O) groups is 2. The molecule has 2 atom stereocenters. The van der Waals surface area contributed by atoms with E-state index in [9.17, 15) is 9.59 Å². The van der Waals surface area contributed by atoms with E-state index >= 15 is 0 Å². The first kappa shape index (κ1) is 18.1. The van der Waals surface area contributed by atoms with Gasteiger partial charge in [-0.2, -0.15) is 5.26 Å². The number of nitriles is 1. The van der Waals surface area contributed by atoms with E-state index in [1.54, 1.807) is 24.3 Å². The van der Waals surface area contributed by atoms with Crippen LogP contribution < -0.4 is 4.90 Å². The summed E-state index contributed by atoms with van der Waals surface area (Å²) in [4.78, 5) is 29.1. The van der Waals surface area contributed by atoms with Crippen molar-refractivity contribution in [3.05, 3.63) is 101 Å². The fraction of sp³-hybridized carbons (Fsp3) is 0.222. The van der Waals surface area contributed by atoms with Gasteiger partial charge in [0, 0.05) is 11.3 Å². The first-order valence-corrected chi connectivity index (χ1v) is 10.7. The highest BCUT2D eigenvalue weighted by molar-refractivity contribution is 6.23. The molecule has 2 amide bonds. The first-order chi connectivity index (χ1) is 15.1. The minimum atomic E-state index is -0.513. The second kappa shape index (κ2) is 6.15. The first-order valence-electron chi connectivity index (χ1n) is 10.7. The fourth-order valence-corrected chi connectivity index (χ4v) is 6.47. The second-order valence-corrected chi connectivity index (χ2v) is 8.65. The van der Waals surface area contributed by atoms with Crippen LogP contribution in [0, 0.1) is 23.2 Å². The van der Waals surface area contributed by atoms with Crippen LogP contribution in [0.25, 0.3) is 0 Å². The molecule has 0 radical (unpaired) electrons. The van der Waals surface area contributed by atoms with E-state index in [4.69, 9.17) is 5.26 Å². The van der Waals surface area contributed by atoms with E-state index in [0.29, 0.717) is 11.3 Å². The van der Waals surface area contributed by atoms with Gasteiger partial charge >= 0.3 is 0 Å². The van der Waals surface area contributed by atoms with Crippen molar-refractivity contribution in [2.75, 3.05) is 4.90 Å². The summed E-state index contributed by atoms with van der Waals surface area (Å²) < 4.78 is 0. The zero-order valence-corrected chi connectivity index (χ0v) is 17.1. The van der Waals surface area contributed by atoms with Crippen LogP contribution in [-0.4, -0.2) is 11.8 Å². The largest absolute Gasteiger partial charge is 0.274 e. The van der Waals surface area contributed by atoms with Crippen molar-refractivity contribution in [3.63, 3.8) is 0 Å². The summed E-state index contributed by atoms with van der Waals surface area (Å²) in [5.41, 5.74) is 5.25. The average Bonchev–Trinajstić information content (AvgIpc) is 3.10. The molecule has 1 saturated heterocycles. The maximum atomic E-state index is 13.9. The van der Waals surface area contributed by atoms with Crippen LogP contribution in [0.15, 0.2) is 72.8 Å². The number of nitrogens with zero attached hydrogens (tertiary/aromatic N) is 2. The van der Waals surface area contributed by atoms with Crippen LogP contribution in [0.3, 0.4) is 0 Å². The lowest BCUT2D eigenvalue weighted by Gasteiger charge is -2.54. The molecule has 4 heteroatoms. The predicted molar refractivity (Wildman–Crippen MR) is 116 cm³/mol. The van der Waals surface area contributed by atoms with Gasteiger partial charge in [0.05, 0.1) is 29.2 Å². The van der Waals surface area contributed by atoms with Gasteiger partial charge in [-0.05, 0) is 52.9 Å². The Hall–Kier alpha value is -3.71. The van der Waals surface area contributed by atoms with E-state index in [2.05, 4.69) is 37.3 Å². The van der Waals surface area contributed by atoms with Gasteiger partial charge in [-0.25, -0.2) is 4.90 Å². The minimum Gasteiger partial charge on any atom is -0.274 e. The molecule has 7 rings (SSSR count). The standard InChI is InChI=1S/C27H20N2O2/c1-2-27-20-9-5-3-7-18(20)22(19-8-4-6-10-21(19)27)23-24(27)26(31)29(25(23)30)17-13-11-16(15-28)12-14-17/h3-14,22-24H,2H2,1H3/t22?,23-,24-,27?/m1/s1. The Bertz CT molecular complexity index is 1250. The normalized spacial score (nSPS) is 27.5. The Morgan fingerprint density at radius 1 is 0.871 bits per heavy atom. The number of amides is 2. The summed E-state index contributed by atoms with van der Waals surface area (Å²) in [6.07, 6.45) is 0.745. The van der Waals surface area contributed by atoms with Crippen molar-refractivity contribution in [1.82, 2.24) is 0 Å². The third-order valence-electron chi connectivity index (χ3n) is 7.61. The van der Waals surface area contributed by atoms with Crippen LogP contribution in [0.4, 0.5) is 5.69 Å². The quantitative estimate of drug-likeness (QED) is 0.590. The van der Waals surface area contributed by atoms with Crippen molar-refractivity contribution in [2.24, 2.45) is 11.8 Å². The van der Waals surface area contributed by atoms with Gasteiger partial charge in [-0.15, -0.1) is 0 Å². The van der Waals surface area contributed by atoms with Gasteiger partial charge in [-0.3, -0.25) is 9.59 Å². The molecule has 0 unspecified atom stereocenters. The number of anilines is 1. The molecule has 3 aromatic rings. The van der Waals surface area contributed by atoms with Crippen LogP contribution >= 0.6 is 0 Å². The molecule has 0 spiro atoms. The van der Waals surface area contributed by atoms with Gasteiger partial charge in [0.2, 0.25) is 11.8 Å². The van der Waals surface area contributed by atoms with Crippen molar-refractivity contribution in [3.8, 4) is 6.07 Å². The molecule has 3 aliphatic carbocycles. The number of carbonyl (C=O) groups excluding carboxylic acids is 2. The van der Waals surface area contributed by atoms with Crippen molar-refractivity contribution >= 4 is 17.5 Å². The van der Waals surface area contributed by atoms with Gasteiger partial charge in [0.15, 0.2) is 0 Å². The third kappa shape index (κ3) is 2.04. The zero-order valence-electron chi connectivity index (χ0n) is 17.1. The SMILES string of the molecule is CCC12c3ccccc3C(c3ccccc31)[C@H]1C(=O)N(c3ccc(C#N)cc3)C(=O)[C@@H]12. The minimum absolute atomic E-state index is 0.120. The molecule has 0 saturated carbocycles. The van der Waals surface area contributed by atoms with Crippen molar-refractivity contribution in [1.29, 1.82) is 5.26 Å². The summed E-state index contributed by atoms with van der Waals surface area (Å²) in [5.74, 6) is -1.21. The highest BCUT2D eigenvalue weighted by atomic mass is 16.2. The molecule has 4 aliphatic rings. The molecule has 4 nitrogen and oxygen atoms in total. The summed E-state index contributed by atoms with van der Waals surface area (Å²) >= 11 is 0. The van der Waals surface area contributed by atoms with E-state index in [1.165, 1.54) is 27.2 Å². The predicted octanol–water partition coefficient (Wildman–Crippen LogP) is 4.52. The lowest BCUT2D eigenvalue weighted by atomic mass is 9.46. The third-order valence-corrected chi connectivity index (χ3v) is 7.61. The Morgan fingerprint density at radius 3 is 2.00 bits per heavy atom. The molecule has 3 aromatic carbocycles. The molecular formula is C27H20N2O2. The van der Waals surface area contributed by atoms with Crippen LogP contribution in [0.1, 0.15) is 47.1 Å². The number of hydrogen-bond acceptors (Lipinski definition) is 3. The Kier molecular flexibility index (Phi) is 3.59. The van der Waals surface area contributed by atoms with Gasteiger partial charge in [-0.1, -0.05) is 55.5 Å². The maximum absolute atomic E-state index is 13.9. The Morgan fingerprint density at radius 2 is 1.45 bits per heavy atom. The Balaban J connectivity index is 1.61. The van der Waals surface area contributed by atoms with Gasteiger partial charge in [0.1, 0.15) is 0 Å². The highest BCUT2D eigenvalue weighted by Gasteiger charge is 2.67. The molecule has 1 aliphatic heterocycles. The van der Waals surface area contributed by atoms with Crippen LogP contribution in [-0.2, 0) is 15.0 Å². The van der Waals surface area contributed by atoms with E-state index < -0.39 is 17.3 Å². The highest BCUT2D eigenvalue weighted by Crippen LogP contribution is 2.65. The van der Waals surface area contributed by atoms with E-state index in [0.717, 1.165) is 6.42 Å². The monoisotopic (exact) mass is 404 g/mol. The number of imide groups is 1. The Labute approximate surface area is 180 Å². The summed E-state index contributed by atoms with van der Waals surface area (Å²) in [5, 5.41) is 9.11. The molecule has 0 aromatic heterocycles. The molecule has 0 N–H and O–H groups in total. The molecule has 1 fully saturated rings. The van der Waals surface area contributed by atoms with Crippen molar-refractivity contribution < 1.29 is 9.59 Å². The molecule has 31 heavy (non-hydrogen) atoms. The topological polar surface area (TPSA) is 61.2 Å². The van der Waals surface area contributed by atoms with Gasteiger partial charge < -0.3 is 0 Å². The smallest absolute Gasteiger partial charge is 0.238 e.